The lowest BCUT2D eigenvalue weighted by Crippen LogP contribution is -2.04. The fourth-order valence-corrected chi connectivity index (χ4v) is 3.00. The van der Waals surface area contributed by atoms with Crippen LogP contribution in [-0.4, -0.2) is 9.38 Å². The Hall–Kier alpha value is -2.00. The molecule has 3 nitrogen and oxygen atoms in total. The summed E-state index contributed by atoms with van der Waals surface area (Å²) in [6.07, 6.45) is 2.12. The number of benzene rings is 1. The molecule has 0 atom stereocenters. The van der Waals surface area contributed by atoms with Gasteiger partial charge in [0.15, 0.2) is 5.65 Å². The summed E-state index contributed by atoms with van der Waals surface area (Å²) in [6.45, 7) is 9.00. The SMILES string of the molecule is Cc1cc(NCc2c(C)cccc2Cl)c2nc(C)c(C)n2c1. The standard InChI is InChI=1S/C18H20ClN3/c1-11-8-17(18-21-13(3)14(4)22(18)10-11)20-9-15-12(2)6-5-7-16(15)19/h5-8,10,20H,9H2,1-4H3. The van der Waals surface area contributed by atoms with E-state index in [1.807, 2.05) is 19.1 Å². The highest BCUT2D eigenvalue weighted by Crippen LogP contribution is 2.24. The average Bonchev–Trinajstić information content (AvgIpc) is 2.74. The molecule has 0 aliphatic rings. The number of nitrogens with one attached hydrogen (secondary N) is 1. The van der Waals surface area contributed by atoms with E-state index in [9.17, 15) is 0 Å². The summed E-state index contributed by atoms with van der Waals surface area (Å²) in [5.74, 6) is 0. The summed E-state index contributed by atoms with van der Waals surface area (Å²) in [6, 6.07) is 8.13. The lowest BCUT2D eigenvalue weighted by molar-refractivity contribution is 1.06. The van der Waals surface area contributed by atoms with Gasteiger partial charge in [-0.05, 0) is 56.5 Å². The molecule has 0 spiro atoms. The molecule has 2 heterocycles. The third-order valence-corrected chi connectivity index (χ3v) is 4.50. The van der Waals surface area contributed by atoms with E-state index < -0.39 is 0 Å². The highest BCUT2D eigenvalue weighted by atomic mass is 35.5. The molecular formula is C18H20ClN3. The summed E-state index contributed by atoms with van der Waals surface area (Å²) in [7, 11) is 0. The number of aromatic nitrogens is 2. The van der Waals surface area contributed by atoms with Crippen molar-refractivity contribution in [3.63, 3.8) is 0 Å². The predicted molar refractivity (Wildman–Crippen MR) is 92.9 cm³/mol. The zero-order valence-electron chi connectivity index (χ0n) is 13.4. The van der Waals surface area contributed by atoms with Crippen LogP contribution in [-0.2, 0) is 6.54 Å². The third-order valence-electron chi connectivity index (χ3n) is 4.14. The molecule has 4 heteroatoms. The highest BCUT2D eigenvalue weighted by molar-refractivity contribution is 6.31. The Bertz CT molecular complexity index is 829. The van der Waals surface area contributed by atoms with Gasteiger partial charge in [-0.1, -0.05) is 23.7 Å². The Morgan fingerprint density at radius 1 is 1.18 bits per heavy atom. The monoisotopic (exact) mass is 313 g/mol. The molecule has 114 valence electrons. The Labute approximate surface area is 136 Å². The summed E-state index contributed by atoms with van der Waals surface area (Å²) in [5.41, 5.74) is 7.76. The molecule has 22 heavy (non-hydrogen) atoms. The molecule has 2 aromatic heterocycles. The van der Waals surface area contributed by atoms with Gasteiger partial charge < -0.3 is 9.72 Å². The molecule has 0 bridgehead atoms. The third kappa shape index (κ3) is 2.57. The lowest BCUT2D eigenvalue weighted by Gasteiger charge is -2.12. The van der Waals surface area contributed by atoms with Crippen molar-refractivity contribution in [2.45, 2.75) is 34.2 Å². The van der Waals surface area contributed by atoms with Crippen molar-refractivity contribution < 1.29 is 0 Å². The van der Waals surface area contributed by atoms with E-state index in [4.69, 9.17) is 11.6 Å². The zero-order chi connectivity index (χ0) is 15.9. The topological polar surface area (TPSA) is 29.3 Å². The van der Waals surface area contributed by atoms with Crippen molar-refractivity contribution in [3.8, 4) is 0 Å². The van der Waals surface area contributed by atoms with E-state index in [-0.39, 0.29) is 0 Å². The number of rotatable bonds is 3. The molecule has 0 fully saturated rings. The Morgan fingerprint density at radius 2 is 1.95 bits per heavy atom. The van der Waals surface area contributed by atoms with Gasteiger partial charge in [0.25, 0.3) is 0 Å². The normalized spacial score (nSPS) is 11.1. The van der Waals surface area contributed by atoms with Crippen molar-refractivity contribution in [1.29, 1.82) is 0 Å². The molecule has 0 amide bonds. The number of halogens is 1. The highest BCUT2D eigenvalue weighted by Gasteiger charge is 2.11. The van der Waals surface area contributed by atoms with Gasteiger partial charge in [0, 0.05) is 23.5 Å². The maximum absolute atomic E-state index is 6.31. The van der Waals surface area contributed by atoms with Crippen LogP contribution in [0.3, 0.4) is 0 Å². The maximum atomic E-state index is 6.31. The maximum Gasteiger partial charge on any atom is 0.160 e. The first-order valence-corrected chi connectivity index (χ1v) is 7.79. The number of pyridine rings is 1. The van der Waals surface area contributed by atoms with Gasteiger partial charge in [0.1, 0.15) is 0 Å². The predicted octanol–water partition coefficient (Wildman–Crippen LogP) is 4.83. The van der Waals surface area contributed by atoms with Crippen LogP contribution < -0.4 is 5.32 Å². The number of aryl methyl sites for hydroxylation is 4. The second-order valence-electron chi connectivity index (χ2n) is 5.80. The second-order valence-corrected chi connectivity index (χ2v) is 6.20. The molecular weight excluding hydrogens is 294 g/mol. The average molecular weight is 314 g/mol. The molecule has 1 aromatic carbocycles. The molecule has 0 aliphatic heterocycles. The first-order chi connectivity index (χ1) is 10.5. The first-order valence-electron chi connectivity index (χ1n) is 7.41. The van der Waals surface area contributed by atoms with E-state index in [1.165, 1.54) is 16.8 Å². The minimum Gasteiger partial charge on any atom is -0.378 e. The Balaban J connectivity index is 1.99. The summed E-state index contributed by atoms with van der Waals surface area (Å²) < 4.78 is 2.15. The minimum absolute atomic E-state index is 0.690. The quantitative estimate of drug-likeness (QED) is 0.750. The van der Waals surface area contributed by atoms with Crippen molar-refractivity contribution >= 4 is 22.9 Å². The van der Waals surface area contributed by atoms with Gasteiger partial charge in [-0.25, -0.2) is 4.98 Å². The molecule has 0 saturated heterocycles. The molecule has 0 unspecified atom stereocenters. The summed E-state index contributed by atoms with van der Waals surface area (Å²) in [5, 5.41) is 4.30. The molecule has 3 aromatic rings. The van der Waals surface area contributed by atoms with Crippen LogP contribution in [0.2, 0.25) is 5.02 Å². The largest absolute Gasteiger partial charge is 0.378 e. The molecule has 0 aliphatic carbocycles. The van der Waals surface area contributed by atoms with Crippen molar-refractivity contribution in [1.82, 2.24) is 9.38 Å². The first kappa shape index (κ1) is 14.9. The lowest BCUT2D eigenvalue weighted by atomic mass is 10.1. The van der Waals surface area contributed by atoms with Crippen LogP contribution in [0.1, 0.15) is 28.1 Å². The van der Waals surface area contributed by atoms with Crippen LogP contribution in [0.5, 0.6) is 0 Å². The van der Waals surface area contributed by atoms with E-state index in [0.29, 0.717) is 6.54 Å². The number of hydrogen-bond donors (Lipinski definition) is 1. The van der Waals surface area contributed by atoms with E-state index in [2.05, 4.69) is 53.8 Å². The van der Waals surface area contributed by atoms with Gasteiger partial charge in [-0.15, -0.1) is 0 Å². The Morgan fingerprint density at radius 3 is 2.68 bits per heavy atom. The number of fused-ring (bicyclic) bond motifs is 1. The van der Waals surface area contributed by atoms with Crippen LogP contribution in [0.4, 0.5) is 5.69 Å². The van der Waals surface area contributed by atoms with Crippen molar-refractivity contribution in [2.24, 2.45) is 0 Å². The van der Waals surface area contributed by atoms with Crippen LogP contribution in [0, 0.1) is 27.7 Å². The fourth-order valence-electron chi connectivity index (χ4n) is 2.71. The van der Waals surface area contributed by atoms with Gasteiger partial charge in [-0.2, -0.15) is 0 Å². The second kappa shape index (κ2) is 5.65. The van der Waals surface area contributed by atoms with Crippen LogP contribution in [0.15, 0.2) is 30.5 Å². The smallest absolute Gasteiger partial charge is 0.160 e. The summed E-state index contributed by atoms with van der Waals surface area (Å²) >= 11 is 6.31. The van der Waals surface area contributed by atoms with Crippen molar-refractivity contribution in [2.75, 3.05) is 5.32 Å². The van der Waals surface area contributed by atoms with E-state index >= 15 is 0 Å². The molecule has 1 N–H and O–H groups in total. The Kier molecular flexibility index (Phi) is 3.83. The number of hydrogen-bond acceptors (Lipinski definition) is 2. The van der Waals surface area contributed by atoms with Crippen molar-refractivity contribution in [3.05, 3.63) is 63.6 Å². The van der Waals surface area contributed by atoms with Gasteiger partial charge in [-0.3, -0.25) is 0 Å². The van der Waals surface area contributed by atoms with E-state index in [1.54, 1.807) is 0 Å². The molecule has 3 rings (SSSR count). The zero-order valence-corrected chi connectivity index (χ0v) is 14.1. The summed E-state index contributed by atoms with van der Waals surface area (Å²) in [4.78, 5) is 4.68. The molecule has 0 saturated carbocycles. The van der Waals surface area contributed by atoms with E-state index in [0.717, 1.165) is 27.6 Å². The fraction of sp³-hybridized carbons (Fsp3) is 0.278. The minimum atomic E-state index is 0.690. The number of nitrogens with zero attached hydrogens (tertiary/aromatic N) is 2. The van der Waals surface area contributed by atoms with Crippen LogP contribution >= 0.6 is 11.6 Å². The van der Waals surface area contributed by atoms with Crippen LogP contribution in [0.25, 0.3) is 5.65 Å². The van der Waals surface area contributed by atoms with Gasteiger partial charge in [0.05, 0.1) is 11.4 Å². The molecule has 0 radical (unpaired) electrons. The van der Waals surface area contributed by atoms with Gasteiger partial charge >= 0.3 is 0 Å². The number of imidazole rings is 1. The number of anilines is 1. The van der Waals surface area contributed by atoms with Gasteiger partial charge in [0.2, 0.25) is 0 Å².